The van der Waals surface area contributed by atoms with E-state index < -0.39 is 6.10 Å². The Kier molecular flexibility index (Phi) is 49.4. The molecule has 0 aromatic heterocycles. The smallest absolute Gasteiger partial charge is 0.306 e. The summed E-state index contributed by atoms with van der Waals surface area (Å²) in [4.78, 5) is 24.4. The van der Waals surface area contributed by atoms with Crippen molar-refractivity contribution in [1.82, 2.24) is 0 Å². The summed E-state index contributed by atoms with van der Waals surface area (Å²) in [6.07, 6.45) is 66.6. The van der Waals surface area contributed by atoms with E-state index in [-0.39, 0.29) is 25.2 Å². The summed E-state index contributed by atoms with van der Waals surface area (Å²) in [5, 5.41) is 9.60. The molecule has 0 fully saturated rings. The Morgan fingerprint density at radius 3 is 1.05 bits per heavy atom. The Bertz CT molecular complexity index is 997. The summed E-state index contributed by atoms with van der Waals surface area (Å²) in [5.41, 5.74) is 0. The molecule has 0 amide bonds. The average Bonchev–Trinajstić information content (AvgIpc) is 3.25. The van der Waals surface area contributed by atoms with E-state index in [9.17, 15) is 14.7 Å². The SMILES string of the molecule is CCC/C=C\C/C=C\CCCCCCCC(=O)OCC(CO)OC(=O)CCCCCCCCCCCCCCCCCCCCCCC/C=C\C/C=C\CCCCCCC. The first kappa shape index (κ1) is 57.9. The first-order valence-electron chi connectivity index (χ1n) is 26.2. The molecule has 0 aromatic rings. The van der Waals surface area contributed by atoms with Gasteiger partial charge in [-0.2, -0.15) is 0 Å². The molecule has 0 aliphatic rings. The number of hydrogen-bond donors (Lipinski definition) is 1. The lowest BCUT2D eigenvalue weighted by molar-refractivity contribution is -0.161. The number of ether oxygens (including phenoxy) is 2. The number of allylic oxidation sites excluding steroid dienone is 8. The molecule has 0 radical (unpaired) electrons. The van der Waals surface area contributed by atoms with Gasteiger partial charge in [-0.3, -0.25) is 9.59 Å². The monoisotopic (exact) mass is 841 g/mol. The van der Waals surface area contributed by atoms with Crippen LogP contribution < -0.4 is 0 Å². The number of esters is 2. The van der Waals surface area contributed by atoms with Crippen molar-refractivity contribution in [2.24, 2.45) is 0 Å². The maximum absolute atomic E-state index is 12.3. The van der Waals surface area contributed by atoms with Crippen molar-refractivity contribution in [2.45, 2.75) is 277 Å². The second-order valence-corrected chi connectivity index (χ2v) is 17.6. The number of rotatable bonds is 48. The zero-order valence-electron chi connectivity index (χ0n) is 40.0. The first-order chi connectivity index (χ1) is 29.6. The molecule has 60 heavy (non-hydrogen) atoms. The fourth-order valence-electron chi connectivity index (χ4n) is 7.62. The van der Waals surface area contributed by atoms with Crippen molar-refractivity contribution >= 4 is 11.9 Å². The Morgan fingerprint density at radius 2 is 0.700 bits per heavy atom. The lowest BCUT2D eigenvalue weighted by Crippen LogP contribution is -2.28. The third-order valence-electron chi connectivity index (χ3n) is 11.6. The molecule has 0 bridgehead atoms. The Morgan fingerprint density at radius 1 is 0.383 bits per heavy atom. The van der Waals surface area contributed by atoms with E-state index in [1.165, 1.54) is 180 Å². The van der Waals surface area contributed by atoms with Gasteiger partial charge in [0, 0.05) is 12.8 Å². The van der Waals surface area contributed by atoms with Crippen molar-refractivity contribution in [1.29, 1.82) is 0 Å². The van der Waals surface area contributed by atoms with Crippen LogP contribution in [0.2, 0.25) is 0 Å². The minimum Gasteiger partial charge on any atom is -0.462 e. The molecule has 5 nitrogen and oxygen atoms in total. The standard InChI is InChI=1S/C55H100O5/c1-3-5-7-9-11-13-15-17-18-19-20-21-22-23-24-25-26-27-28-29-30-31-32-33-34-35-36-38-40-42-44-46-48-50-55(58)60-53(51-56)52-59-54(57)49-47-45-43-41-39-37-16-14-12-10-8-6-4-2/h8,10,14-17,19-20,53,56H,3-7,9,11-13,18,21-52H2,1-2H3/b10-8-,16-14-,17-15-,20-19-. The molecule has 0 rings (SSSR count). The average molecular weight is 841 g/mol. The van der Waals surface area contributed by atoms with Crippen LogP contribution in [-0.2, 0) is 19.1 Å². The summed E-state index contributed by atoms with van der Waals surface area (Å²) >= 11 is 0. The Labute approximate surface area is 373 Å². The van der Waals surface area contributed by atoms with Gasteiger partial charge in [0.1, 0.15) is 6.61 Å². The fourth-order valence-corrected chi connectivity index (χ4v) is 7.62. The Hall–Kier alpha value is -2.14. The summed E-state index contributed by atoms with van der Waals surface area (Å²) in [6.45, 7) is 4.07. The van der Waals surface area contributed by atoms with Crippen LogP contribution in [0.1, 0.15) is 271 Å². The van der Waals surface area contributed by atoms with Crippen molar-refractivity contribution < 1.29 is 24.2 Å². The summed E-state index contributed by atoms with van der Waals surface area (Å²) < 4.78 is 10.6. The summed E-state index contributed by atoms with van der Waals surface area (Å²) in [6, 6.07) is 0. The predicted molar refractivity (Wildman–Crippen MR) is 261 cm³/mol. The molecule has 5 heteroatoms. The quantitative estimate of drug-likeness (QED) is 0.0375. The van der Waals surface area contributed by atoms with Gasteiger partial charge < -0.3 is 14.6 Å². The molecule has 1 unspecified atom stereocenters. The van der Waals surface area contributed by atoms with E-state index in [2.05, 4.69) is 62.5 Å². The number of aliphatic hydroxyl groups is 1. The van der Waals surface area contributed by atoms with Crippen LogP contribution >= 0.6 is 0 Å². The van der Waals surface area contributed by atoms with Gasteiger partial charge in [-0.05, 0) is 70.6 Å². The van der Waals surface area contributed by atoms with Crippen molar-refractivity contribution in [2.75, 3.05) is 13.2 Å². The van der Waals surface area contributed by atoms with Crippen LogP contribution in [0.3, 0.4) is 0 Å². The van der Waals surface area contributed by atoms with Crippen LogP contribution in [0.15, 0.2) is 48.6 Å². The minimum atomic E-state index is -0.776. The van der Waals surface area contributed by atoms with E-state index in [0.29, 0.717) is 12.8 Å². The van der Waals surface area contributed by atoms with Crippen LogP contribution in [0.5, 0.6) is 0 Å². The highest BCUT2D eigenvalue weighted by Crippen LogP contribution is 2.16. The van der Waals surface area contributed by atoms with Gasteiger partial charge >= 0.3 is 11.9 Å². The maximum atomic E-state index is 12.3. The van der Waals surface area contributed by atoms with Gasteiger partial charge in [0.05, 0.1) is 6.61 Å². The van der Waals surface area contributed by atoms with Crippen molar-refractivity contribution in [3.63, 3.8) is 0 Å². The fraction of sp³-hybridized carbons (Fsp3) is 0.818. The maximum Gasteiger partial charge on any atom is 0.306 e. The number of carbonyl (C=O) groups excluding carboxylic acids is 2. The minimum absolute atomic E-state index is 0.0710. The predicted octanol–water partition coefficient (Wildman–Crippen LogP) is 17.3. The van der Waals surface area contributed by atoms with Crippen LogP contribution in [-0.4, -0.2) is 36.4 Å². The highest BCUT2D eigenvalue weighted by Gasteiger charge is 2.16. The highest BCUT2D eigenvalue weighted by molar-refractivity contribution is 5.70. The lowest BCUT2D eigenvalue weighted by Gasteiger charge is -2.15. The summed E-state index contributed by atoms with van der Waals surface area (Å²) in [7, 11) is 0. The topological polar surface area (TPSA) is 72.8 Å². The molecule has 0 saturated carbocycles. The molecule has 0 spiro atoms. The van der Waals surface area contributed by atoms with Crippen LogP contribution in [0.25, 0.3) is 0 Å². The molecule has 0 saturated heterocycles. The van der Waals surface area contributed by atoms with Gasteiger partial charge in [0.25, 0.3) is 0 Å². The summed E-state index contributed by atoms with van der Waals surface area (Å²) in [5.74, 6) is -0.599. The second-order valence-electron chi connectivity index (χ2n) is 17.6. The molecule has 0 heterocycles. The zero-order valence-corrected chi connectivity index (χ0v) is 40.0. The molecule has 0 aliphatic carbocycles. The number of aliphatic hydroxyl groups excluding tert-OH is 1. The van der Waals surface area contributed by atoms with E-state index >= 15 is 0 Å². The first-order valence-corrected chi connectivity index (χ1v) is 26.2. The number of carbonyl (C=O) groups is 2. The van der Waals surface area contributed by atoms with E-state index in [1.807, 2.05) is 0 Å². The van der Waals surface area contributed by atoms with Crippen molar-refractivity contribution in [3.05, 3.63) is 48.6 Å². The van der Waals surface area contributed by atoms with Gasteiger partial charge in [0.15, 0.2) is 6.10 Å². The highest BCUT2D eigenvalue weighted by atomic mass is 16.6. The van der Waals surface area contributed by atoms with Gasteiger partial charge in [-0.15, -0.1) is 0 Å². The molecule has 1 N–H and O–H groups in total. The third-order valence-corrected chi connectivity index (χ3v) is 11.6. The molecule has 0 aliphatic heterocycles. The van der Waals surface area contributed by atoms with Gasteiger partial charge in [-0.25, -0.2) is 0 Å². The van der Waals surface area contributed by atoms with Gasteiger partial charge in [0.2, 0.25) is 0 Å². The van der Waals surface area contributed by atoms with E-state index in [1.54, 1.807) is 0 Å². The number of unbranched alkanes of at least 4 members (excludes halogenated alkanes) is 32. The van der Waals surface area contributed by atoms with Gasteiger partial charge in [-0.1, -0.05) is 236 Å². The molecular weight excluding hydrogens is 741 g/mol. The second kappa shape index (κ2) is 51.2. The van der Waals surface area contributed by atoms with E-state index in [0.717, 1.165) is 64.2 Å². The molecular formula is C55H100O5. The van der Waals surface area contributed by atoms with Crippen LogP contribution in [0.4, 0.5) is 0 Å². The van der Waals surface area contributed by atoms with Crippen LogP contribution in [0, 0.1) is 0 Å². The number of hydrogen-bond acceptors (Lipinski definition) is 5. The zero-order chi connectivity index (χ0) is 43.5. The van der Waals surface area contributed by atoms with E-state index in [4.69, 9.17) is 9.47 Å². The lowest BCUT2D eigenvalue weighted by atomic mass is 10.0. The molecule has 1 atom stereocenters. The Balaban J connectivity index is 3.41. The largest absolute Gasteiger partial charge is 0.462 e. The third kappa shape index (κ3) is 48.5. The molecule has 350 valence electrons. The normalized spacial score (nSPS) is 12.5. The molecule has 0 aromatic carbocycles. The van der Waals surface area contributed by atoms with Crippen molar-refractivity contribution in [3.8, 4) is 0 Å².